The van der Waals surface area contributed by atoms with Gasteiger partial charge in [-0.25, -0.2) is 0 Å². The number of carbonyl (C=O) groups is 1. The van der Waals surface area contributed by atoms with Crippen LogP contribution in [0.3, 0.4) is 0 Å². The van der Waals surface area contributed by atoms with Gasteiger partial charge in [0.15, 0.2) is 0 Å². The summed E-state index contributed by atoms with van der Waals surface area (Å²) in [6.07, 6.45) is 4.85. The number of aliphatic hydroxyl groups excluding tert-OH is 1. The molecule has 0 bridgehead atoms. The van der Waals surface area contributed by atoms with Crippen LogP contribution in [0, 0.1) is 5.92 Å². The Hall–Kier alpha value is -1.35. The summed E-state index contributed by atoms with van der Waals surface area (Å²) in [4.78, 5) is 14.5. The highest BCUT2D eigenvalue weighted by atomic mass is 16.3. The molecule has 1 aliphatic heterocycles. The summed E-state index contributed by atoms with van der Waals surface area (Å²) in [5, 5.41) is 9.93. The third-order valence-electron chi connectivity index (χ3n) is 4.85. The van der Waals surface area contributed by atoms with Crippen LogP contribution in [0.1, 0.15) is 47.7 Å². The average Bonchev–Trinajstić information content (AvgIpc) is 2.94. The molecule has 2 atom stereocenters. The topological polar surface area (TPSA) is 40.5 Å². The van der Waals surface area contributed by atoms with Crippen LogP contribution in [0.2, 0.25) is 0 Å². The summed E-state index contributed by atoms with van der Waals surface area (Å²) >= 11 is 0. The lowest BCUT2D eigenvalue weighted by Crippen LogP contribution is -2.45. The van der Waals surface area contributed by atoms with E-state index in [1.165, 1.54) is 17.5 Å². The first-order chi connectivity index (χ1) is 9.69. The molecule has 2 aliphatic rings. The third kappa shape index (κ3) is 2.47. The van der Waals surface area contributed by atoms with Gasteiger partial charge in [0.25, 0.3) is 5.91 Å². The molecule has 3 nitrogen and oxygen atoms in total. The predicted octanol–water partition coefficient (Wildman–Crippen LogP) is 2.41. The highest BCUT2D eigenvalue weighted by Crippen LogP contribution is 2.25. The number of carbonyl (C=O) groups excluding carboxylic acids is 1. The number of piperidine rings is 1. The minimum Gasteiger partial charge on any atom is -0.393 e. The molecule has 0 radical (unpaired) electrons. The zero-order chi connectivity index (χ0) is 14.1. The van der Waals surface area contributed by atoms with Gasteiger partial charge >= 0.3 is 0 Å². The van der Waals surface area contributed by atoms with Crippen LogP contribution in [0.4, 0.5) is 0 Å². The molecular weight excluding hydrogens is 250 g/mol. The molecule has 1 aliphatic carbocycles. The molecule has 108 valence electrons. The Balaban J connectivity index is 1.75. The number of aryl methyl sites for hydroxylation is 2. The first-order valence-corrected chi connectivity index (χ1v) is 7.78. The van der Waals surface area contributed by atoms with Crippen molar-refractivity contribution in [1.82, 2.24) is 4.90 Å². The number of fused-ring (bicyclic) bond motifs is 1. The van der Waals surface area contributed by atoms with Crippen molar-refractivity contribution in [2.24, 2.45) is 5.92 Å². The van der Waals surface area contributed by atoms with E-state index in [0.717, 1.165) is 24.8 Å². The highest BCUT2D eigenvalue weighted by molar-refractivity contribution is 5.94. The Bertz CT molecular complexity index is 512. The van der Waals surface area contributed by atoms with E-state index in [-0.39, 0.29) is 17.9 Å². The van der Waals surface area contributed by atoms with Crippen molar-refractivity contribution in [3.05, 3.63) is 34.9 Å². The van der Waals surface area contributed by atoms with Crippen LogP contribution >= 0.6 is 0 Å². The summed E-state index contributed by atoms with van der Waals surface area (Å²) in [6.45, 7) is 3.44. The highest BCUT2D eigenvalue weighted by Gasteiger charge is 2.29. The number of benzene rings is 1. The van der Waals surface area contributed by atoms with Gasteiger partial charge in [-0.1, -0.05) is 13.0 Å². The van der Waals surface area contributed by atoms with E-state index < -0.39 is 0 Å². The minimum absolute atomic E-state index is 0.130. The Labute approximate surface area is 120 Å². The zero-order valence-corrected chi connectivity index (χ0v) is 12.1. The maximum absolute atomic E-state index is 12.6. The van der Waals surface area contributed by atoms with Gasteiger partial charge in [-0.2, -0.15) is 0 Å². The largest absolute Gasteiger partial charge is 0.393 e. The van der Waals surface area contributed by atoms with Crippen LogP contribution in [0.15, 0.2) is 18.2 Å². The van der Waals surface area contributed by atoms with E-state index in [4.69, 9.17) is 0 Å². The van der Waals surface area contributed by atoms with Crippen molar-refractivity contribution in [1.29, 1.82) is 0 Å². The van der Waals surface area contributed by atoms with E-state index in [1.807, 2.05) is 11.0 Å². The van der Waals surface area contributed by atoms with Gasteiger partial charge in [0.2, 0.25) is 0 Å². The smallest absolute Gasteiger partial charge is 0.253 e. The summed E-state index contributed by atoms with van der Waals surface area (Å²) in [5.41, 5.74) is 3.57. The van der Waals surface area contributed by atoms with Crippen molar-refractivity contribution in [3.8, 4) is 0 Å². The van der Waals surface area contributed by atoms with E-state index in [2.05, 4.69) is 19.1 Å². The second-order valence-corrected chi connectivity index (χ2v) is 6.11. The second-order valence-electron chi connectivity index (χ2n) is 6.11. The fraction of sp³-hybridized carbons (Fsp3) is 0.588. The molecule has 0 aromatic heterocycles. The van der Waals surface area contributed by atoms with Crippen LogP contribution < -0.4 is 0 Å². The molecule has 1 aromatic carbocycles. The summed E-state index contributed by atoms with van der Waals surface area (Å²) in [5.74, 6) is 0.354. The lowest BCUT2D eigenvalue weighted by atomic mass is 9.92. The minimum atomic E-state index is -0.246. The SMILES string of the molecule is CCC1CN(C(=O)c2ccc3c(c2)CCC3)CCC1O. The number of hydrogen-bond donors (Lipinski definition) is 1. The molecule has 3 rings (SSSR count). The molecule has 1 saturated heterocycles. The molecule has 0 saturated carbocycles. The van der Waals surface area contributed by atoms with Gasteiger partial charge < -0.3 is 10.0 Å². The standard InChI is InChI=1S/C17H23NO2/c1-2-12-11-18(9-8-16(12)19)17(20)15-7-6-13-4-3-5-14(13)10-15/h6-7,10,12,16,19H,2-5,8-9,11H2,1H3. The quantitative estimate of drug-likeness (QED) is 0.899. The number of rotatable bonds is 2. The molecule has 0 spiro atoms. The molecule has 2 unspecified atom stereocenters. The van der Waals surface area contributed by atoms with Gasteiger partial charge in [0.1, 0.15) is 0 Å². The molecule has 20 heavy (non-hydrogen) atoms. The Morgan fingerprint density at radius 1 is 1.35 bits per heavy atom. The Kier molecular flexibility index (Phi) is 3.79. The summed E-state index contributed by atoms with van der Waals surface area (Å²) in [7, 11) is 0. The predicted molar refractivity (Wildman–Crippen MR) is 78.8 cm³/mol. The summed E-state index contributed by atoms with van der Waals surface area (Å²) in [6, 6.07) is 6.17. The molecule has 3 heteroatoms. The van der Waals surface area contributed by atoms with Crippen LogP contribution in [-0.2, 0) is 12.8 Å². The van der Waals surface area contributed by atoms with Crippen LogP contribution in [0.25, 0.3) is 0 Å². The normalized spacial score (nSPS) is 25.6. The van der Waals surface area contributed by atoms with E-state index >= 15 is 0 Å². The van der Waals surface area contributed by atoms with Crippen molar-refractivity contribution in [3.63, 3.8) is 0 Å². The molecule has 1 amide bonds. The maximum Gasteiger partial charge on any atom is 0.253 e. The number of aliphatic hydroxyl groups is 1. The maximum atomic E-state index is 12.6. The van der Waals surface area contributed by atoms with Crippen LogP contribution in [0.5, 0.6) is 0 Å². The average molecular weight is 273 g/mol. The molecular formula is C17H23NO2. The van der Waals surface area contributed by atoms with Crippen molar-refractivity contribution < 1.29 is 9.90 Å². The molecule has 1 aromatic rings. The first-order valence-electron chi connectivity index (χ1n) is 7.78. The number of nitrogens with zero attached hydrogens (tertiary/aromatic N) is 1. The van der Waals surface area contributed by atoms with Crippen molar-refractivity contribution in [2.45, 2.75) is 45.1 Å². The second kappa shape index (κ2) is 5.57. The van der Waals surface area contributed by atoms with Crippen molar-refractivity contribution >= 4 is 5.91 Å². The Morgan fingerprint density at radius 2 is 2.15 bits per heavy atom. The molecule has 1 heterocycles. The van der Waals surface area contributed by atoms with E-state index in [9.17, 15) is 9.90 Å². The lowest BCUT2D eigenvalue weighted by molar-refractivity contribution is 0.0229. The lowest BCUT2D eigenvalue weighted by Gasteiger charge is -2.35. The third-order valence-corrected chi connectivity index (χ3v) is 4.85. The van der Waals surface area contributed by atoms with E-state index in [0.29, 0.717) is 19.5 Å². The fourth-order valence-electron chi connectivity index (χ4n) is 3.49. The monoisotopic (exact) mass is 273 g/mol. The number of likely N-dealkylation sites (tertiary alicyclic amines) is 1. The van der Waals surface area contributed by atoms with Gasteiger partial charge in [-0.15, -0.1) is 0 Å². The fourth-order valence-corrected chi connectivity index (χ4v) is 3.49. The van der Waals surface area contributed by atoms with Gasteiger partial charge in [-0.3, -0.25) is 4.79 Å². The van der Waals surface area contributed by atoms with Crippen molar-refractivity contribution in [2.75, 3.05) is 13.1 Å². The Morgan fingerprint density at radius 3 is 2.95 bits per heavy atom. The van der Waals surface area contributed by atoms with Gasteiger partial charge in [-0.05, 0) is 55.4 Å². The first kappa shape index (κ1) is 13.6. The van der Waals surface area contributed by atoms with E-state index in [1.54, 1.807) is 0 Å². The number of hydrogen-bond acceptors (Lipinski definition) is 2. The van der Waals surface area contributed by atoms with Gasteiger partial charge in [0.05, 0.1) is 6.10 Å². The molecule has 1 fully saturated rings. The summed E-state index contributed by atoms with van der Waals surface area (Å²) < 4.78 is 0. The molecule has 1 N–H and O–H groups in total. The zero-order valence-electron chi connectivity index (χ0n) is 12.1. The van der Waals surface area contributed by atoms with Gasteiger partial charge in [0, 0.05) is 24.6 Å². The van der Waals surface area contributed by atoms with Crippen LogP contribution in [-0.4, -0.2) is 35.1 Å². The number of amides is 1.